The van der Waals surface area contributed by atoms with E-state index in [2.05, 4.69) is 4.90 Å². The van der Waals surface area contributed by atoms with Gasteiger partial charge in [-0.2, -0.15) is 8.78 Å². The number of hydrogen-bond acceptors (Lipinski definition) is 2. The van der Waals surface area contributed by atoms with Crippen molar-refractivity contribution in [2.45, 2.75) is 25.9 Å². The summed E-state index contributed by atoms with van der Waals surface area (Å²) >= 11 is 0. The zero-order valence-corrected chi connectivity index (χ0v) is 10.9. The molecule has 1 aromatic rings. The number of benzene rings is 1. The van der Waals surface area contributed by atoms with Gasteiger partial charge in [0.1, 0.15) is 6.10 Å². The van der Waals surface area contributed by atoms with Gasteiger partial charge in [-0.05, 0) is 19.4 Å². The lowest BCUT2D eigenvalue weighted by Gasteiger charge is -2.31. The molecule has 1 aromatic carbocycles. The summed E-state index contributed by atoms with van der Waals surface area (Å²) in [6.07, 6.45) is 0.409. The van der Waals surface area contributed by atoms with Gasteiger partial charge in [0.2, 0.25) is 29.1 Å². The van der Waals surface area contributed by atoms with Crippen molar-refractivity contribution in [1.29, 1.82) is 0 Å². The minimum atomic E-state index is -2.17. The average molecular weight is 295 g/mol. The molecule has 0 unspecified atom stereocenters. The minimum absolute atomic E-state index is 0.479. The van der Waals surface area contributed by atoms with Crippen molar-refractivity contribution in [2.75, 3.05) is 19.6 Å². The maximum atomic E-state index is 13.4. The fraction of sp³-hybridized carbons (Fsp3) is 0.538. The molecule has 0 N–H and O–H groups in total. The molecule has 1 heterocycles. The number of rotatable bonds is 3. The van der Waals surface area contributed by atoms with Gasteiger partial charge < -0.3 is 9.64 Å². The largest absolute Gasteiger partial charge is 0.484 e. The molecule has 2 nitrogen and oxygen atoms in total. The van der Waals surface area contributed by atoms with Crippen LogP contribution in [0.4, 0.5) is 22.0 Å². The van der Waals surface area contributed by atoms with Gasteiger partial charge in [0, 0.05) is 13.1 Å². The van der Waals surface area contributed by atoms with Crippen molar-refractivity contribution < 1.29 is 26.7 Å². The summed E-state index contributed by atoms with van der Waals surface area (Å²) in [5.74, 6) is -11.2. The highest BCUT2D eigenvalue weighted by Crippen LogP contribution is 2.31. The Morgan fingerprint density at radius 1 is 0.900 bits per heavy atom. The fourth-order valence-electron chi connectivity index (χ4n) is 2.20. The maximum Gasteiger partial charge on any atom is 0.207 e. The lowest BCUT2D eigenvalue weighted by Crippen LogP contribution is -2.38. The van der Waals surface area contributed by atoms with Crippen LogP contribution in [0.5, 0.6) is 5.75 Å². The van der Waals surface area contributed by atoms with Crippen molar-refractivity contribution in [1.82, 2.24) is 4.90 Å². The summed E-state index contributed by atoms with van der Waals surface area (Å²) in [4.78, 5) is 2.11. The molecule has 0 saturated carbocycles. The van der Waals surface area contributed by atoms with Gasteiger partial charge in [0.25, 0.3) is 0 Å². The zero-order valence-electron chi connectivity index (χ0n) is 10.9. The molecule has 0 radical (unpaired) electrons. The van der Waals surface area contributed by atoms with Gasteiger partial charge in [0.05, 0.1) is 0 Å². The number of piperidine rings is 1. The predicted molar refractivity (Wildman–Crippen MR) is 62.0 cm³/mol. The second-order valence-corrected chi connectivity index (χ2v) is 4.65. The summed E-state index contributed by atoms with van der Waals surface area (Å²) in [6, 6.07) is 0. The Hall–Kier alpha value is -1.37. The van der Waals surface area contributed by atoms with Crippen LogP contribution in [-0.4, -0.2) is 30.6 Å². The van der Waals surface area contributed by atoms with E-state index in [1.165, 1.54) is 0 Å². The smallest absolute Gasteiger partial charge is 0.207 e. The molecule has 1 fully saturated rings. The molecular formula is C13H14F5NO. The van der Waals surface area contributed by atoms with Crippen molar-refractivity contribution in [3.63, 3.8) is 0 Å². The number of nitrogens with zero attached hydrogens (tertiary/aromatic N) is 1. The van der Waals surface area contributed by atoms with E-state index in [1.807, 2.05) is 6.92 Å². The van der Waals surface area contributed by atoms with E-state index in [9.17, 15) is 22.0 Å². The maximum absolute atomic E-state index is 13.4. The second kappa shape index (κ2) is 5.95. The molecule has 2 rings (SSSR count). The first kappa shape index (κ1) is 15.0. The highest BCUT2D eigenvalue weighted by molar-refractivity contribution is 5.30. The quantitative estimate of drug-likeness (QED) is 0.482. The first-order valence-corrected chi connectivity index (χ1v) is 6.36. The molecule has 20 heavy (non-hydrogen) atoms. The van der Waals surface area contributed by atoms with Crippen LogP contribution in [0.15, 0.2) is 0 Å². The second-order valence-electron chi connectivity index (χ2n) is 4.65. The van der Waals surface area contributed by atoms with Crippen LogP contribution in [0.25, 0.3) is 0 Å². The zero-order chi connectivity index (χ0) is 14.9. The summed E-state index contributed by atoms with van der Waals surface area (Å²) in [5.41, 5.74) is 0. The molecule has 0 bridgehead atoms. The van der Waals surface area contributed by atoms with Crippen LogP contribution in [0.3, 0.4) is 0 Å². The normalized spacial score (nSPS) is 17.5. The monoisotopic (exact) mass is 295 g/mol. The van der Waals surface area contributed by atoms with E-state index in [0.717, 1.165) is 6.54 Å². The molecule has 0 aliphatic carbocycles. The summed E-state index contributed by atoms with van der Waals surface area (Å²) < 4.78 is 70.8. The topological polar surface area (TPSA) is 12.5 Å². The Morgan fingerprint density at radius 3 is 1.80 bits per heavy atom. The lowest BCUT2D eigenvalue weighted by atomic mass is 10.1. The van der Waals surface area contributed by atoms with Crippen LogP contribution in [0.2, 0.25) is 0 Å². The Kier molecular flexibility index (Phi) is 4.47. The molecule has 0 aromatic heterocycles. The Labute approximate surface area is 113 Å². The summed E-state index contributed by atoms with van der Waals surface area (Å²) in [5, 5.41) is 0. The average Bonchev–Trinajstić information content (AvgIpc) is 2.48. The molecule has 1 saturated heterocycles. The third kappa shape index (κ3) is 2.72. The van der Waals surface area contributed by atoms with Gasteiger partial charge in [-0.3, -0.25) is 0 Å². The summed E-state index contributed by atoms with van der Waals surface area (Å²) in [6.45, 7) is 4.15. The number of ether oxygens (including phenoxy) is 1. The molecule has 0 atom stereocenters. The van der Waals surface area contributed by atoms with Gasteiger partial charge in [-0.1, -0.05) is 6.92 Å². The van der Waals surface area contributed by atoms with E-state index in [4.69, 9.17) is 4.74 Å². The third-order valence-corrected chi connectivity index (χ3v) is 3.44. The highest BCUT2D eigenvalue weighted by atomic mass is 19.2. The first-order chi connectivity index (χ1) is 9.45. The molecule has 7 heteroatoms. The molecule has 1 aliphatic heterocycles. The van der Waals surface area contributed by atoms with Crippen LogP contribution in [0, 0.1) is 29.1 Å². The Balaban J connectivity index is 2.18. The van der Waals surface area contributed by atoms with E-state index in [0.29, 0.717) is 25.9 Å². The molecular weight excluding hydrogens is 281 g/mol. The number of halogens is 5. The van der Waals surface area contributed by atoms with Crippen LogP contribution < -0.4 is 4.74 Å². The van der Waals surface area contributed by atoms with Crippen molar-refractivity contribution in [3.8, 4) is 5.75 Å². The minimum Gasteiger partial charge on any atom is -0.484 e. The van der Waals surface area contributed by atoms with Gasteiger partial charge >= 0.3 is 0 Å². The highest BCUT2D eigenvalue weighted by Gasteiger charge is 2.29. The van der Waals surface area contributed by atoms with E-state index in [-0.39, 0.29) is 0 Å². The number of likely N-dealkylation sites (tertiary alicyclic amines) is 1. The molecule has 112 valence electrons. The van der Waals surface area contributed by atoms with E-state index < -0.39 is 40.9 Å². The SMILES string of the molecule is CCN1CCC(Oc2c(F)c(F)c(F)c(F)c2F)CC1. The third-order valence-electron chi connectivity index (χ3n) is 3.44. The number of hydrogen-bond donors (Lipinski definition) is 0. The Bertz CT molecular complexity index is 471. The van der Waals surface area contributed by atoms with Crippen molar-refractivity contribution in [2.24, 2.45) is 0 Å². The summed E-state index contributed by atoms with van der Waals surface area (Å²) in [7, 11) is 0. The van der Waals surface area contributed by atoms with Crippen molar-refractivity contribution in [3.05, 3.63) is 29.1 Å². The Morgan fingerprint density at radius 2 is 1.35 bits per heavy atom. The van der Waals surface area contributed by atoms with Gasteiger partial charge in [0.15, 0.2) is 5.75 Å². The van der Waals surface area contributed by atoms with Crippen LogP contribution in [0.1, 0.15) is 19.8 Å². The first-order valence-electron chi connectivity index (χ1n) is 6.36. The van der Waals surface area contributed by atoms with Crippen LogP contribution >= 0.6 is 0 Å². The van der Waals surface area contributed by atoms with Crippen LogP contribution in [-0.2, 0) is 0 Å². The standard InChI is InChI=1S/C13H14F5NO/c1-2-19-5-3-7(4-6-19)20-13-11(17)9(15)8(14)10(16)12(13)18/h7H,2-6H2,1H3. The van der Waals surface area contributed by atoms with Gasteiger partial charge in [-0.25, -0.2) is 13.2 Å². The molecule has 0 amide bonds. The molecule has 0 spiro atoms. The van der Waals surface area contributed by atoms with Gasteiger partial charge in [-0.15, -0.1) is 0 Å². The van der Waals surface area contributed by atoms with E-state index >= 15 is 0 Å². The molecule has 1 aliphatic rings. The van der Waals surface area contributed by atoms with Crippen molar-refractivity contribution >= 4 is 0 Å². The predicted octanol–water partition coefficient (Wildman–Crippen LogP) is 3.25. The fourth-order valence-corrected chi connectivity index (χ4v) is 2.20. The van der Waals surface area contributed by atoms with E-state index in [1.54, 1.807) is 0 Å². The lowest BCUT2D eigenvalue weighted by molar-refractivity contribution is 0.0937.